The molecule has 24 heteroatoms. The maximum atomic E-state index is 17.1. The lowest BCUT2D eigenvalue weighted by molar-refractivity contribution is -0.141. The summed E-state index contributed by atoms with van der Waals surface area (Å²) >= 11 is 6.68. The Labute approximate surface area is 480 Å². The van der Waals surface area contributed by atoms with Crippen LogP contribution in [0.15, 0.2) is 77.8 Å². The number of aryl methyl sites for hydroxylation is 1. The summed E-state index contributed by atoms with van der Waals surface area (Å²) < 4.78 is 102. The van der Waals surface area contributed by atoms with Crippen LogP contribution in [0.4, 0.5) is 43.8 Å². The van der Waals surface area contributed by atoms with Gasteiger partial charge in [-0.3, -0.25) is 19.3 Å². The normalized spacial score (nSPS) is 20.0. The molecule has 1 spiro atoms. The topological polar surface area (TPSA) is 200 Å². The molecule has 6 aromatic rings. The molecule has 83 heavy (non-hydrogen) atoms. The number of piperazine rings is 1. The van der Waals surface area contributed by atoms with Gasteiger partial charge in [-0.25, -0.2) is 18.2 Å². The first-order valence-electron chi connectivity index (χ1n) is 27.6. The zero-order valence-corrected chi connectivity index (χ0v) is 47.2. The molecule has 3 aromatic heterocycles. The highest BCUT2D eigenvalue weighted by molar-refractivity contribution is 6.34. The average Bonchev–Trinajstić information content (AvgIpc) is 1.89. The predicted molar refractivity (Wildman–Crippen MR) is 300 cm³/mol. The lowest BCUT2D eigenvalue weighted by Gasteiger charge is -2.54. The van der Waals surface area contributed by atoms with E-state index in [1.807, 2.05) is 25.7 Å². The number of alkyl halides is 3. The molecular weight excluding hydrogens is 1110 g/mol. The maximum absolute atomic E-state index is 17.1. The molecule has 0 aliphatic carbocycles. The number of hydrogen-bond acceptors (Lipinski definition) is 14. The summed E-state index contributed by atoms with van der Waals surface area (Å²) in [5, 5.41) is 17.9. The molecule has 7 heterocycles. The van der Waals surface area contributed by atoms with Gasteiger partial charge >= 0.3 is 12.2 Å². The van der Waals surface area contributed by atoms with Crippen LogP contribution in [-0.4, -0.2) is 141 Å². The van der Waals surface area contributed by atoms with Gasteiger partial charge in [0.2, 0.25) is 17.7 Å². The Kier molecular flexibility index (Phi) is 16.5. The molecule has 4 aliphatic rings. The van der Waals surface area contributed by atoms with E-state index in [0.29, 0.717) is 42.3 Å². The van der Waals surface area contributed by atoms with E-state index in [-0.39, 0.29) is 113 Å². The van der Waals surface area contributed by atoms with Crippen molar-refractivity contribution in [1.82, 2.24) is 40.1 Å². The van der Waals surface area contributed by atoms with Crippen LogP contribution < -0.4 is 25.6 Å². The SMILES string of the molecule is C=CC(=O)N1CCN(c2nc(OCCN3CCC4(CC3)CN(c3cc([C@H](C(=O)N5C[C@H](O)C[C@H]5C(=O)N[C@@H](C)c5ccc(-c6c(F)cccc6F)cc5)C(C)C)on3)C4)nc3c(F)c(-c4nc(N)cc(C)c4C(F)(F)F)c(Cl)cc23)[C@@H](C)C1. The van der Waals surface area contributed by atoms with Crippen molar-refractivity contribution in [2.75, 3.05) is 81.0 Å². The van der Waals surface area contributed by atoms with E-state index in [2.05, 4.69) is 36.8 Å². The number of carbonyl (C=O) groups is 3. The number of aliphatic hydroxyl groups is 1. The standard InChI is InChI=1S/C59H64ClF6N11O6/c1-7-46(79)74-19-20-76(33(5)27-74)54-38-25-39(60)49(53-50(59(64,65)66)32(4)23-44(67)69-53)51(63)52(38)70-57(71-54)82-22-21-73-17-15-58(16-18-73)29-75(30-58)45-26-43(83-72-45)47(31(2)3)56(81)77-28-37(78)24-42(77)55(80)68-34(6)35-11-13-36(14-12-35)48-40(61)9-8-10-41(48)62/h7-14,23,25-26,31,33-34,37,42,47,78H,1,15-22,24,27-30H2,2-6H3,(H2,67,69)(H,68,80)/t33-,34-,37+,42-,47+/m0/s1. The van der Waals surface area contributed by atoms with E-state index in [4.69, 9.17) is 31.6 Å². The maximum Gasteiger partial charge on any atom is 0.418 e. The third kappa shape index (κ3) is 11.8. The van der Waals surface area contributed by atoms with Crippen LogP contribution in [0.2, 0.25) is 5.02 Å². The number of carbonyl (C=O) groups excluding carboxylic acids is 3. The van der Waals surface area contributed by atoms with Crippen molar-refractivity contribution in [2.45, 2.75) is 90.2 Å². The van der Waals surface area contributed by atoms with Gasteiger partial charge in [-0.05, 0) is 99.7 Å². The third-order valence-corrected chi connectivity index (χ3v) is 16.9. The monoisotopic (exact) mass is 1170 g/mol. The Balaban J connectivity index is 0.772. The summed E-state index contributed by atoms with van der Waals surface area (Å²) in [7, 11) is 0. The minimum atomic E-state index is -4.93. The van der Waals surface area contributed by atoms with Gasteiger partial charge in [-0.1, -0.05) is 67.5 Å². The number of fused-ring (bicyclic) bond motifs is 1. The fraction of sp³-hybridized carbons (Fsp3) is 0.441. The van der Waals surface area contributed by atoms with Crippen molar-refractivity contribution >= 4 is 57.7 Å². The number of anilines is 3. The molecule has 0 bridgehead atoms. The molecule has 10 rings (SSSR count). The predicted octanol–water partition coefficient (Wildman–Crippen LogP) is 9.11. The van der Waals surface area contributed by atoms with E-state index < -0.39 is 70.5 Å². The number of β-amino-alcohol motifs (C(OH)–C–C–N with tert-alkyl or cyclic N) is 1. The Morgan fingerprint density at radius 1 is 0.964 bits per heavy atom. The van der Waals surface area contributed by atoms with Crippen molar-refractivity contribution in [1.29, 1.82) is 0 Å². The van der Waals surface area contributed by atoms with Gasteiger partial charge in [0.25, 0.3) is 0 Å². The summed E-state index contributed by atoms with van der Waals surface area (Å²) in [6, 6.07) is 12.2. The number of nitrogens with one attached hydrogen (secondary N) is 1. The largest absolute Gasteiger partial charge is 0.462 e. The summed E-state index contributed by atoms with van der Waals surface area (Å²) in [5.41, 5.74) is 3.55. The van der Waals surface area contributed by atoms with E-state index in [1.165, 1.54) is 42.2 Å². The fourth-order valence-electron chi connectivity index (χ4n) is 12.2. The molecule has 0 unspecified atom stereocenters. The number of nitrogens with two attached hydrogens (primary N) is 1. The molecule has 3 amide bonds. The zero-order chi connectivity index (χ0) is 59.4. The van der Waals surface area contributed by atoms with Gasteiger partial charge in [0.15, 0.2) is 17.4 Å². The molecule has 4 saturated heterocycles. The van der Waals surface area contributed by atoms with E-state index >= 15 is 4.39 Å². The smallest absolute Gasteiger partial charge is 0.418 e. The first-order chi connectivity index (χ1) is 39.4. The molecule has 0 saturated carbocycles. The molecule has 4 N–H and O–H groups in total. The summed E-state index contributed by atoms with van der Waals surface area (Å²) in [6.45, 7) is 16.3. The summed E-state index contributed by atoms with van der Waals surface area (Å²) in [5.74, 6) is -3.84. The van der Waals surface area contributed by atoms with E-state index in [0.717, 1.165) is 32.0 Å². The number of nitrogens with zero attached hydrogens (tertiary/aromatic N) is 9. The van der Waals surface area contributed by atoms with E-state index in [9.17, 15) is 41.4 Å². The number of halogens is 7. The van der Waals surface area contributed by atoms with Gasteiger partial charge < -0.3 is 45.0 Å². The molecule has 3 aromatic carbocycles. The number of aliphatic hydroxyl groups excluding tert-OH is 1. The van der Waals surface area contributed by atoms with Crippen molar-refractivity contribution < 1.29 is 55.1 Å². The van der Waals surface area contributed by atoms with Crippen molar-refractivity contribution in [2.24, 2.45) is 11.3 Å². The molecule has 4 fully saturated rings. The van der Waals surface area contributed by atoms with Gasteiger partial charge in [0, 0.05) is 75.1 Å². The third-order valence-electron chi connectivity index (χ3n) is 16.6. The molecule has 440 valence electrons. The second kappa shape index (κ2) is 23.3. The molecular formula is C59H64ClF6N11O6. The van der Waals surface area contributed by atoms with Crippen molar-refractivity contribution in [3.63, 3.8) is 0 Å². The Morgan fingerprint density at radius 3 is 2.31 bits per heavy atom. The number of aromatic nitrogens is 4. The molecule has 5 atom stereocenters. The number of hydrogen-bond donors (Lipinski definition) is 3. The Bertz CT molecular complexity index is 3440. The van der Waals surface area contributed by atoms with Crippen LogP contribution in [0.1, 0.15) is 81.4 Å². The number of nitrogen functional groups attached to an aromatic ring is 1. The lowest BCUT2D eigenvalue weighted by Crippen LogP contribution is -2.60. The minimum Gasteiger partial charge on any atom is -0.462 e. The van der Waals surface area contributed by atoms with Crippen molar-refractivity contribution in [3.8, 4) is 28.4 Å². The first-order valence-corrected chi connectivity index (χ1v) is 27.9. The quantitative estimate of drug-likeness (QED) is 0.0650. The number of benzene rings is 3. The number of piperidine rings is 1. The number of likely N-dealkylation sites (tertiary alicyclic amines) is 2. The van der Waals surface area contributed by atoms with Gasteiger partial charge in [-0.2, -0.15) is 23.1 Å². The number of ether oxygens (including phenoxy) is 1. The van der Waals surface area contributed by atoms with Crippen LogP contribution >= 0.6 is 11.6 Å². The Hall–Kier alpha value is -7.50. The van der Waals surface area contributed by atoms with Crippen LogP contribution in [0.3, 0.4) is 0 Å². The second-order valence-electron chi connectivity index (χ2n) is 22.6. The van der Waals surface area contributed by atoms with Crippen LogP contribution in [0.25, 0.3) is 33.3 Å². The highest BCUT2D eigenvalue weighted by Crippen LogP contribution is 2.46. The number of amides is 3. The number of pyridine rings is 1. The minimum absolute atomic E-state index is 0.0143. The number of rotatable bonds is 15. The van der Waals surface area contributed by atoms with Crippen LogP contribution in [0.5, 0.6) is 6.01 Å². The second-order valence-corrected chi connectivity index (χ2v) is 23.0. The van der Waals surface area contributed by atoms with Gasteiger partial charge in [-0.15, -0.1) is 0 Å². The van der Waals surface area contributed by atoms with Crippen LogP contribution in [0, 0.1) is 35.7 Å². The van der Waals surface area contributed by atoms with Crippen molar-refractivity contribution in [3.05, 3.63) is 118 Å². The highest BCUT2D eigenvalue weighted by atomic mass is 35.5. The molecule has 0 radical (unpaired) electrons. The summed E-state index contributed by atoms with van der Waals surface area (Å²) in [4.78, 5) is 63.1. The highest BCUT2D eigenvalue weighted by Gasteiger charge is 2.48. The Morgan fingerprint density at radius 2 is 1.66 bits per heavy atom. The van der Waals surface area contributed by atoms with Gasteiger partial charge in [0.1, 0.15) is 47.4 Å². The van der Waals surface area contributed by atoms with Crippen LogP contribution in [-0.2, 0) is 20.6 Å². The zero-order valence-electron chi connectivity index (χ0n) is 46.5. The van der Waals surface area contributed by atoms with Gasteiger partial charge in [0.05, 0.1) is 39.6 Å². The molecule has 4 aliphatic heterocycles. The fourth-order valence-corrected chi connectivity index (χ4v) is 12.4. The summed E-state index contributed by atoms with van der Waals surface area (Å²) in [6.07, 6.45) is -2.92. The molecule has 17 nitrogen and oxygen atoms in total. The first kappa shape index (κ1) is 58.7. The lowest BCUT2D eigenvalue weighted by atomic mass is 9.72. The average molecular weight is 1170 g/mol. The van der Waals surface area contributed by atoms with E-state index in [1.54, 1.807) is 42.2 Å².